The Morgan fingerprint density at radius 2 is 1.81 bits per heavy atom. The first-order valence-electron chi connectivity index (χ1n) is 10.1. The third-order valence-corrected chi connectivity index (χ3v) is 5.01. The quantitative estimate of drug-likeness (QED) is 0.470. The number of nitrogens with one attached hydrogen (secondary N) is 2. The highest BCUT2D eigenvalue weighted by Gasteiger charge is 2.11. The van der Waals surface area contributed by atoms with E-state index >= 15 is 0 Å². The first-order chi connectivity index (χ1) is 15.5. The van der Waals surface area contributed by atoms with Crippen LogP contribution in [0.3, 0.4) is 0 Å². The first-order valence-corrected chi connectivity index (χ1v) is 10.1. The lowest BCUT2D eigenvalue weighted by Crippen LogP contribution is -2.32. The van der Waals surface area contributed by atoms with Crippen LogP contribution in [0.1, 0.15) is 21.5 Å². The van der Waals surface area contributed by atoms with Gasteiger partial charge < -0.3 is 15.4 Å². The molecule has 0 aliphatic carbocycles. The molecule has 8 nitrogen and oxygen atoms in total. The van der Waals surface area contributed by atoms with Crippen molar-refractivity contribution in [2.24, 2.45) is 0 Å². The molecular formula is C24H23N5O3. The third kappa shape index (κ3) is 4.75. The molecule has 1 heterocycles. The highest BCUT2D eigenvalue weighted by molar-refractivity contribution is 5.99. The van der Waals surface area contributed by atoms with Crippen LogP contribution in [-0.2, 0) is 11.3 Å². The number of methoxy groups -OCH3 is 1. The lowest BCUT2D eigenvalue weighted by Gasteiger charge is -2.11. The van der Waals surface area contributed by atoms with Gasteiger partial charge in [-0.2, -0.15) is 0 Å². The zero-order valence-corrected chi connectivity index (χ0v) is 17.8. The molecule has 162 valence electrons. The smallest absolute Gasteiger partial charge is 0.251 e. The number of nitrogens with zero attached hydrogens (tertiary/aromatic N) is 3. The van der Waals surface area contributed by atoms with E-state index in [1.54, 1.807) is 18.2 Å². The summed E-state index contributed by atoms with van der Waals surface area (Å²) < 4.78 is 7.07. The molecule has 3 aromatic carbocycles. The average Bonchev–Trinajstić information content (AvgIpc) is 3.21. The number of carbonyl (C=O) groups is 2. The van der Waals surface area contributed by atoms with Gasteiger partial charge in [0.25, 0.3) is 5.91 Å². The van der Waals surface area contributed by atoms with Crippen molar-refractivity contribution in [3.05, 3.63) is 83.4 Å². The lowest BCUT2D eigenvalue weighted by molar-refractivity contribution is -0.115. The maximum Gasteiger partial charge on any atom is 0.251 e. The van der Waals surface area contributed by atoms with Gasteiger partial charge in [-0.15, -0.1) is 5.10 Å². The number of aromatic nitrogens is 3. The number of aryl methyl sites for hydroxylation is 1. The summed E-state index contributed by atoms with van der Waals surface area (Å²) in [5, 5.41) is 13.7. The molecule has 0 fully saturated rings. The van der Waals surface area contributed by atoms with Crippen molar-refractivity contribution >= 4 is 28.5 Å². The van der Waals surface area contributed by atoms with E-state index in [9.17, 15) is 9.59 Å². The van der Waals surface area contributed by atoms with Crippen molar-refractivity contribution in [1.82, 2.24) is 20.3 Å². The Hall–Kier alpha value is -4.20. The molecule has 0 aliphatic heterocycles. The second kappa shape index (κ2) is 9.30. The van der Waals surface area contributed by atoms with E-state index < -0.39 is 0 Å². The highest BCUT2D eigenvalue weighted by Crippen LogP contribution is 2.25. The van der Waals surface area contributed by atoms with E-state index in [0.717, 1.165) is 22.2 Å². The SMILES string of the molecule is COc1ccc(C)cc1NC(=O)CNC(=O)c1ccc(Cn2nnc3ccccc32)cc1. The molecule has 0 aliphatic rings. The fourth-order valence-corrected chi connectivity index (χ4v) is 3.35. The molecule has 2 N–H and O–H groups in total. The molecule has 32 heavy (non-hydrogen) atoms. The van der Waals surface area contributed by atoms with E-state index in [0.29, 0.717) is 23.5 Å². The Morgan fingerprint density at radius 3 is 2.59 bits per heavy atom. The molecular weight excluding hydrogens is 406 g/mol. The van der Waals surface area contributed by atoms with E-state index in [4.69, 9.17) is 4.74 Å². The van der Waals surface area contributed by atoms with Crippen LogP contribution in [0.15, 0.2) is 66.7 Å². The molecule has 1 aromatic heterocycles. The van der Waals surface area contributed by atoms with Crippen LogP contribution in [0, 0.1) is 6.92 Å². The second-order valence-electron chi connectivity index (χ2n) is 7.37. The van der Waals surface area contributed by atoms with Crippen molar-refractivity contribution in [1.29, 1.82) is 0 Å². The number of amides is 2. The summed E-state index contributed by atoms with van der Waals surface area (Å²) in [7, 11) is 1.54. The summed E-state index contributed by atoms with van der Waals surface area (Å²) in [5.74, 6) is -0.0999. The van der Waals surface area contributed by atoms with E-state index in [1.807, 2.05) is 60.1 Å². The van der Waals surface area contributed by atoms with E-state index in [2.05, 4.69) is 20.9 Å². The van der Waals surface area contributed by atoms with Crippen molar-refractivity contribution in [3.8, 4) is 5.75 Å². The van der Waals surface area contributed by atoms with Gasteiger partial charge in [0.2, 0.25) is 5.91 Å². The Kier molecular flexibility index (Phi) is 6.12. The molecule has 0 unspecified atom stereocenters. The summed E-state index contributed by atoms with van der Waals surface area (Å²) in [6.07, 6.45) is 0. The van der Waals surface area contributed by atoms with E-state index in [-0.39, 0.29) is 18.4 Å². The largest absolute Gasteiger partial charge is 0.495 e. The number of carbonyl (C=O) groups excluding carboxylic acids is 2. The van der Waals surface area contributed by atoms with E-state index in [1.165, 1.54) is 7.11 Å². The van der Waals surface area contributed by atoms with Crippen molar-refractivity contribution in [3.63, 3.8) is 0 Å². The maximum atomic E-state index is 12.4. The molecule has 0 radical (unpaired) electrons. The van der Waals surface area contributed by atoms with Crippen LogP contribution >= 0.6 is 0 Å². The number of hydrogen-bond donors (Lipinski definition) is 2. The number of fused-ring (bicyclic) bond motifs is 1. The molecule has 0 saturated carbocycles. The Balaban J connectivity index is 1.34. The monoisotopic (exact) mass is 429 g/mol. The maximum absolute atomic E-state index is 12.4. The minimum absolute atomic E-state index is 0.150. The fraction of sp³-hybridized carbons (Fsp3) is 0.167. The normalized spacial score (nSPS) is 10.7. The fourth-order valence-electron chi connectivity index (χ4n) is 3.35. The standard InChI is InChI=1S/C24H23N5O3/c1-16-7-12-22(32-2)20(13-16)26-23(30)14-25-24(31)18-10-8-17(9-11-18)15-29-21-6-4-3-5-19(21)27-28-29/h3-13H,14-15H2,1-2H3,(H,25,31)(H,26,30). The Bertz CT molecular complexity index is 1260. The minimum atomic E-state index is -0.336. The van der Waals surface area contributed by atoms with Crippen molar-refractivity contribution in [2.45, 2.75) is 13.5 Å². The molecule has 0 spiro atoms. The molecule has 8 heteroatoms. The van der Waals surface area contributed by atoms with Gasteiger partial charge in [-0.05, 0) is 54.4 Å². The molecule has 0 saturated heterocycles. The molecule has 4 aromatic rings. The van der Waals surface area contributed by atoms with Crippen LogP contribution in [0.4, 0.5) is 5.69 Å². The number of para-hydroxylation sites is 1. The summed E-state index contributed by atoms with van der Waals surface area (Å²) in [6, 6.07) is 20.4. The number of benzene rings is 3. The van der Waals surface area contributed by atoms with Gasteiger partial charge in [0.15, 0.2) is 0 Å². The van der Waals surface area contributed by atoms with Crippen molar-refractivity contribution < 1.29 is 14.3 Å². The minimum Gasteiger partial charge on any atom is -0.495 e. The lowest BCUT2D eigenvalue weighted by atomic mass is 10.1. The zero-order valence-electron chi connectivity index (χ0n) is 17.8. The third-order valence-electron chi connectivity index (χ3n) is 5.01. The van der Waals surface area contributed by atoms with Gasteiger partial charge >= 0.3 is 0 Å². The first kappa shape index (κ1) is 21.0. The number of ether oxygens (including phenoxy) is 1. The molecule has 4 rings (SSSR count). The van der Waals surface area contributed by atoms with Crippen LogP contribution in [0.2, 0.25) is 0 Å². The number of hydrogen-bond acceptors (Lipinski definition) is 5. The highest BCUT2D eigenvalue weighted by atomic mass is 16.5. The van der Waals surface area contributed by atoms with Gasteiger partial charge in [-0.3, -0.25) is 9.59 Å². The zero-order chi connectivity index (χ0) is 22.5. The van der Waals surface area contributed by atoms with Crippen LogP contribution in [0.5, 0.6) is 5.75 Å². The molecule has 0 bridgehead atoms. The van der Waals surface area contributed by atoms with Gasteiger partial charge in [0.05, 0.1) is 31.4 Å². The van der Waals surface area contributed by atoms with Crippen LogP contribution in [0.25, 0.3) is 11.0 Å². The number of anilines is 1. The van der Waals surface area contributed by atoms with Crippen LogP contribution in [-0.4, -0.2) is 40.5 Å². The molecule has 0 atom stereocenters. The topological polar surface area (TPSA) is 98.1 Å². The van der Waals surface area contributed by atoms with Crippen LogP contribution < -0.4 is 15.4 Å². The second-order valence-corrected chi connectivity index (χ2v) is 7.37. The summed E-state index contributed by atoms with van der Waals surface area (Å²) >= 11 is 0. The van der Waals surface area contributed by atoms with Crippen molar-refractivity contribution in [2.75, 3.05) is 19.0 Å². The van der Waals surface area contributed by atoms with Gasteiger partial charge in [0, 0.05) is 5.56 Å². The average molecular weight is 429 g/mol. The predicted octanol–water partition coefficient (Wildman–Crippen LogP) is 3.17. The Morgan fingerprint density at radius 1 is 1.03 bits per heavy atom. The Labute approximate surface area is 185 Å². The summed E-state index contributed by atoms with van der Waals surface area (Å²) in [4.78, 5) is 24.7. The summed E-state index contributed by atoms with van der Waals surface area (Å²) in [5.41, 5.74) is 4.80. The van der Waals surface area contributed by atoms with Gasteiger partial charge in [-0.25, -0.2) is 4.68 Å². The van der Waals surface area contributed by atoms with Gasteiger partial charge in [-0.1, -0.05) is 35.5 Å². The predicted molar refractivity (Wildman–Crippen MR) is 122 cm³/mol. The number of rotatable bonds is 7. The summed E-state index contributed by atoms with van der Waals surface area (Å²) in [6.45, 7) is 2.32. The molecule has 2 amide bonds. The van der Waals surface area contributed by atoms with Gasteiger partial charge in [0.1, 0.15) is 11.3 Å².